The summed E-state index contributed by atoms with van der Waals surface area (Å²) in [7, 11) is 1.73. The third kappa shape index (κ3) is 3.96. The molecule has 2 unspecified atom stereocenters. The molecular formula is C13H26N2O2. The van der Waals surface area contributed by atoms with E-state index in [9.17, 15) is 4.79 Å². The number of nitrogens with two attached hydrogens (primary N) is 1. The molecule has 0 saturated heterocycles. The van der Waals surface area contributed by atoms with Crippen LogP contribution in [-0.2, 0) is 9.53 Å². The molecule has 1 amide bonds. The Bertz CT molecular complexity index is 250. The second-order valence-corrected chi connectivity index (χ2v) is 5.46. The Hall–Kier alpha value is -0.610. The van der Waals surface area contributed by atoms with Crippen molar-refractivity contribution in [2.24, 2.45) is 17.1 Å². The zero-order valence-electron chi connectivity index (χ0n) is 11.3. The summed E-state index contributed by atoms with van der Waals surface area (Å²) in [6.45, 7) is 5.29. The van der Waals surface area contributed by atoms with Gasteiger partial charge in [-0.2, -0.15) is 0 Å². The molecule has 0 spiro atoms. The van der Waals surface area contributed by atoms with Gasteiger partial charge in [-0.1, -0.05) is 13.3 Å². The van der Waals surface area contributed by atoms with Crippen LogP contribution in [0.2, 0.25) is 0 Å². The smallest absolute Gasteiger partial charge is 0.224 e. The van der Waals surface area contributed by atoms with Crippen LogP contribution in [0, 0.1) is 11.3 Å². The molecule has 0 aromatic heterocycles. The van der Waals surface area contributed by atoms with E-state index in [1.807, 2.05) is 13.8 Å². The highest BCUT2D eigenvalue weighted by Gasteiger charge is 2.37. The maximum absolute atomic E-state index is 11.8. The fourth-order valence-electron chi connectivity index (χ4n) is 2.18. The molecule has 2 atom stereocenters. The standard InChI is InChI=1S/C13H26N2O2/c1-10(11(2)14)12(16)15-9-13(5-4-6-13)7-8-17-3/h10-11H,4-9,14H2,1-3H3,(H,15,16). The molecule has 17 heavy (non-hydrogen) atoms. The zero-order chi connectivity index (χ0) is 12.9. The van der Waals surface area contributed by atoms with E-state index in [0.717, 1.165) is 19.6 Å². The summed E-state index contributed by atoms with van der Waals surface area (Å²) in [5, 5.41) is 3.04. The number of rotatable bonds is 7. The molecule has 4 nitrogen and oxygen atoms in total. The Labute approximate surface area is 104 Å². The summed E-state index contributed by atoms with van der Waals surface area (Å²) in [6.07, 6.45) is 4.70. The third-order valence-electron chi connectivity index (χ3n) is 4.09. The first-order valence-corrected chi connectivity index (χ1v) is 6.53. The Morgan fingerprint density at radius 3 is 2.53 bits per heavy atom. The van der Waals surface area contributed by atoms with Crippen molar-refractivity contribution in [1.29, 1.82) is 0 Å². The molecular weight excluding hydrogens is 216 g/mol. The first-order chi connectivity index (χ1) is 8.01. The van der Waals surface area contributed by atoms with Gasteiger partial charge in [0.15, 0.2) is 0 Å². The molecule has 4 heteroatoms. The van der Waals surface area contributed by atoms with Gasteiger partial charge in [-0.05, 0) is 31.6 Å². The molecule has 0 radical (unpaired) electrons. The lowest BCUT2D eigenvalue weighted by atomic mass is 9.66. The van der Waals surface area contributed by atoms with Crippen molar-refractivity contribution >= 4 is 5.91 Å². The molecule has 0 aliphatic heterocycles. The summed E-state index contributed by atoms with van der Waals surface area (Å²) in [4.78, 5) is 11.8. The van der Waals surface area contributed by atoms with Gasteiger partial charge >= 0.3 is 0 Å². The Morgan fingerprint density at radius 2 is 2.12 bits per heavy atom. The minimum atomic E-state index is -0.116. The molecule has 1 aliphatic carbocycles. The number of amides is 1. The highest BCUT2D eigenvalue weighted by molar-refractivity contribution is 5.78. The summed E-state index contributed by atoms with van der Waals surface area (Å²) in [6, 6.07) is -0.0914. The lowest BCUT2D eigenvalue weighted by molar-refractivity contribution is -0.126. The average molecular weight is 242 g/mol. The van der Waals surface area contributed by atoms with Crippen LogP contribution in [0.25, 0.3) is 0 Å². The molecule has 100 valence electrons. The number of hydrogen-bond acceptors (Lipinski definition) is 3. The topological polar surface area (TPSA) is 64.3 Å². The maximum Gasteiger partial charge on any atom is 0.224 e. The second kappa shape index (κ2) is 6.36. The highest BCUT2D eigenvalue weighted by Crippen LogP contribution is 2.43. The number of hydrogen-bond donors (Lipinski definition) is 2. The summed E-state index contributed by atoms with van der Waals surface area (Å²) < 4.78 is 5.13. The van der Waals surface area contributed by atoms with Crippen molar-refractivity contribution < 1.29 is 9.53 Å². The van der Waals surface area contributed by atoms with Gasteiger partial charge in [0, 0.05) is 32.2 Å². The van der Waals surface area contributed by atoms with Gasteiger partial charge in [0.25, 0.3) is 0 Å². The second-order valence-electron chi connectivity index (χ2n) is 5.46. The quantitative estimate of drug-likeness (QED) is 0.707. The summed E-state index contributed by atoms with van der Waals surface area (Å²) in [5.41, 5.74) is 6.00. The minimum Gasteiger partial charge on any atom is -0.385 e. The lowest BCUT2D eigenvalue weighted by Gasteiger charge is -2.42. The lowest BCUT2D eigenvalue weighted by Crippen LogP contribution is -2.46. The van der Waals surface area contributed by atoms with E-state index in [4.69, 9.17) is 10.5 Å². The SMILES string of the molecule is COCCC1(CNC(=O)C(C)C(C)N)CCC1. The van der Waals surface area contributed by atoms with Crippen molar-refractivity contribution in [1.82, 2.24) is 5.32 Å². The predicted octanol–water partition coefficient (Wildman–Crippen LogP) is 1.29. The van der Waals surface area contributed by atoms with Crippen molar-refractivity contribution in [2.45, 2.75) is 45.6 Å². The highest BCUT2D eigenvalue weighted by atomic mass is 16.5. The number of methoxy groups -OCH3 is 1. The Balaban J connectivity index is 2.35. The van der Waals surface area contributed by atoms with Crippen LogP contribution in [0.15, 0.2) is 0 Å². The Morgan fingerprint density at radius 1 is 1.47 bits per heavy atom. The van der Waals surface area contributed by atoms with Crippen molar-refractivity contribution in [3.05, 3.63) is 0 Å². The average Bonchev–Trinajstić information content (AvgIpc) is 2.25. The monoisotopic (exact) mass is 242 g/mol. The van der Waals surface area contributed by atoms with Gasteiger partial charge < -0.3 is 15.8 Å². The molecule has 1 fully saturated rings. The van der Waals surface area contributed by atoms with Crippen LogP contribution in [0.3, 0.4) is 0 Å². The number of ether oxygens (including phenoxy) is 1. The molecule has 0 aromatic rings. The van der Waals surface area contributed by atoms with E-state index in [0.29, 0.717) is 0 Å². The van der Waals surface area contributed by atoms with Crippen molar-refractivity contribution in [3.8, 4) is 0 Å². The normalized spacial score (nSPS) is 21.4. The van der Waals surface area contributed by atoms with Crippen LogP contribution in [0.1, 0.15) is 39.5 Å². The van der Waals surface area contributed by atoms with Crippen LogP contribution in [0.4, 0.5) is 0 Å². The van der Waals surface area contributed by atoms with Crippen LogP contribution in [0.5, 0.6) is 0 Å². The molecule has 0 bridgehead atoms. The minimum absolute atomic E-state index is 0.0729. The van der Waals surface area contributed by atoms with E-state index in [2.05, 4.69) is 5.32 Å². The fraction of sp³-hybridized carbons (Fsp3) is 0.923. The number of carbonyl (C=O) groups is 1. The van der Waals surface area contributed by atoms with Crippen LogP contribution < -0.4 is 11.1 Å². The number of carbonyl (C=O) groups excluding carboxylic acids is 1. The Kier molecular flexibility index (Phi) is 5.40. The van der Waals surface area contributed by atoms with Crippen molar-refractivity contribution in [2.75, 3.05) is 20.3 Å². The van der Waals surface area contributed by atoms with Crippen LogP contribution in [-0.4, -0.2) is 32.2 Å². The van der Waals surface area contributed by atoms with Gasteiger partial charge in [-0.3, -0.25) is 4.79 Å². The van der Waals surface area contributed by atoms with E-state index in [-0.39, 0.29) is 23.3 Å². The van der Waals surface area contributed by atoms with Gasteiger partial charge in [0.1, 0.15) is 0 Å². The molecule has 0 aromatic carbocycles. The van der Waals surface area contributed by atoms with Gasteiger partial charge in [-0.15, -0.1) is 0 Å². The first kappa shape index (κ1) is 14.5. The number of nitrogens with one attached hydrogen (secondary N) is 1. The summed E-state index contributed by atoms with van der Waals surface area (Å²) >= 11 is 0. The largest absolute Gasteiger partial charge is 0.385 e. The predicted molar refractivity (Wildman–Crippen MR) is 68.6 cm³/mol. The van der Waals surface area contributed by atoms with E-state index < -0.39 is 0 Å². The van der Waals surface area contributed by atoms with Gasteiger partial charge in [0.2, 0.25) is 5.91 Å². The fourth-order valence-corrected chi connectivity index (χ4v) is 2.18. The van der Waals surface area contributed by atoms with Gasteiger partial charge in [0.05, 0.1) is 0 Å². The summed E-state index contributed by atoms with van der Waals surface area (Å²) in [5.74, 6) is -0.0433. The molecule has 3 N–H and O–H groups in total. The van der Waals surface area contributed by atoms with E-state index >= 15 is 0 Å². The van der Waals surface area contributed by atoms with E-state index in [1.54, 1.807) is 7.11 Å². The molecule has 1 aliphatic rings. The maximum atomic E-state index is 11.8. The first-order valence-electron chi connectivity index (χ1n) is 6.53. The van der Waals surface area contributed by atoms with Crippen molar-refractivity contribution in [3.63, 3.8) is 0 Å². The molecule has 1 saturated carbocycles. The van der Waals surface area contributed by atoms with Gasteiger partial charge in [-0.25, -0.2) is 0 Å². The zero-order valence-corrected chi connectivity index (χ0v) is 11.3. The third-order valence-corrected chi connectivity index (χ3v) is 4.09. The van der Waals surface area contributed by atoms with Crippen LogP contribution >= 0.6 is 0 Å². The molecule has 0 heterocycles. The van der Waals surface area contributed by atoms with E-state index in [1.165, 1.54) is 19.3 Å². The molecule has 1 rings (SSSR count).